The SMILES string of the molecule is Cc1ncsc1-c1ccc(CNC(=O)[C@@H]2C[C@@H](O)CN2C(=O)[C@@H](NC(=O)CCCCCCC(=O)N2CCC(c3nnc(-c4cnc(Nc5ccc6c(c5)C(C)(C)OC6=O)nc4N[C@H](CO)c4ccccc4)o3)CC2)C(C)(C)C)cc1. The molecule has 6 heterocycles. The molecule has 3 aliphatic rings. The number of esters is 1. The zero-order valence-corrected chi connectivity index (χ0v) is 47.0. The summed E-state index contributed by atoms with van der Waals surface area (Å²) in [6.45, 7) is 12.3. The lowest BCUT2D eigenvalue weighted by molar-refractivity contribution is -0.144. The molecule has 0 saturated carbocycles. The van der Waals surface area contributed by atoms with Gasteiger partial charge in [-0.05, 0) is 86.8 Å². The lowest BCUT2D eigenvalue weighted by Gasteiger charge is -2.35. The number of aliphatic hydroxyl groups is 2. The van der Waals surface area contributed by atoms with Crippen LogP contribution >= 0.6 is 11.3 Å². The molecule has 9 rings (SSSR count). The second kappa shape index (κ2) is 24.8. The Balaban J connectivity index is 0.723. The highest BCUT2D eigenvalue weighted by atomic mass is 32.1. The molecule has 21 heteroatoms. The topological polar surface area (TPSA) is 267 Å². The molecule has 0 bridgehead atoms. The van der Waals surface area contributed by atoms with E-state index in [1.807, 2.05) is 113 Å². The summed E-state index contributed by atoms with van der Waals surface area (Å²) in [6.07, 6.45) is 5.40. The molecule has 6 N–H and O–H groups in total. The van der Waals surface area contributed by atoms with Gasteiger partial charge < -0.3 is 50.4 Å². The van der Waals surface area contributed by atoms with Crippen LogP contribution in [0.3, 0.4) is 0 Å². The maximum atomic E-state index is 14.1. The zero-order chi connectivity index (χ0) is 56.7. The Labute approximate surface area is 469 Å². The predicted octanol–water partition coefficient (Wildman–Crippen LogP) is 8.11. The molecule has 6 aromatic rings. The number of hydrogen-bond acceptors (Lipinski definition) is 17. The second-order valence-electron chi connectivity index (χ2n) is 22.5. The van der Waals surface area contributed by atoms with Gasteiger partial charge in [0.1, 0.15) is 23.5 Å². The third-order valence-corrected chi connectivity index (χ3v) is 16.1. The number of thiazole rings is 1. The third kappa shape index (κ3) is 13.5. The number of rotatable bonds is 21. The number of hydrogen-bond donors (Lipinski definition) is 6. The first-order chi connectivity index (χ1) is 38.3. The molecule has 2 fully saturated rings. The number of aliphatic hydroxyl groups excluding tert-OH is 2. The van der Waals surface area contributed by atoms with Gasteiger partial charge in [-0.2, -0.15) is 4.98 Å². The van der Waals surface area contributed by atoms with Gasteiger partial charge in [0.15, 0.2) is 0 Å². The minimum Gasteiger partial charge on any atom is -0.451 e. The summed E-state index contributed by atoms with van der Waals surface area (Å²) in [7, 11) is 0. The van der Waals surface area contributed by atoms with E-state index in [0.717, 1.165) is 45.7 Å². The summed E-state index contributed by atoms with van der Waals surface area (Å²) in [5, 5.41) is 42.4. The van der Waals surface area contributed by atoms with Crippen LogP contribution in [0.15, 0.2) is 88.9 Å². The summed E-state index contributed by atoms with van der Waals surface area (Å²) in [5.74, 6) is -0.185. The number of benzene rings is 3. The number of piperidine rings is 1. The summed E-state index contributed by atoms with van der Waals surface area (Å²) >= 11 is 1.57. The molecule has 0 unspecified atom stereocenters. The van der Waals surface area contributed by atoms with E-state index in [1.54, 1.807) is 29.7 Å². The van der Waals surface area contributed by atoms with E-state index in [9.17, 15) is 34.2 Å². The molecule has 0 spiro atoms. The number of nitrogens with one attached hydrogen (secondary N) is 4. The van der Waals surface area contributed by atoms with Crippen molar-refractivity contribution in [3.05, 3.63) is 118 Å². The van der Waals surface area contributed by atoms with E-state index < -0.39 is 41.2 Å². The van der Waals surface area contributed by atoms with Crippen LogP contribution in [-0.2, 0) is 36.1 Å². The molecule has 80 heavy (non-hydrogen) atoms. The van der Waals surface area contributed by atoms with Crippen molar-refractivity contribution in [2.75, 3.05) is 36.9 Å². The number of aromatic nitrogens is 5. The molecular formula is C59H71N11O9S. The number of ether oxygens (including phenoxy) is 1. The van der Waals surface area contributed by atoms with Crippen LogP contribution in [0.1, 0.15) is 143 Å². The number of carbonyl (C=O) groups is 5. The van der Waals surface area contributed by atoms with Gasteiger partial charge >= 0.3 is 5.97 Å². The van der Waals surface area contributed by atoms with Crippen LogP contribution in [0.4, 0.5) is 17.5 Å². The fraction of sp³-hybridized carbons (Fsp3) is 0.458. The first kappa shape index (κ1) is 57.1. The van der Waals surface area contributed by atoms with Gasteiger partial charge in [0.05, 0.1) is 46.0 Å². The Morgan fingerprint density at radius 3 is 2.35 bits per heavy atom. The molecular weight excluding hydrogens is 1040 g/mol. The average molecular weight is 1110 g/mol. The number of aryl methyl sites for hydroxylation is 1. The predicted molar refractivity (Wildman–Crippen MR) is 301 cm³/mol. The molecule has 3 aromatic carbocycles. The van der Waals surface area contributed by atoms with Crippen molar-refractivity contribution < 1.29 is 43.3 Å². The fourth-order valence-corrected chi connectivity index (χ4v) is 11.3. The van der Waals surface area contributed by atoms with E-state index in [1.165, 1.54) is 4.90 Å². The molecule has 4 atom stereocenters. The van der Waals surface area contributed by atoms with Gasteiger partial charge in [0.2, 0.25) is 35.5 Å². The minimum absolute atomic E-state index is 0.00664. The average Bonchev–Trinajstić information content (AvgIpc) is 4.26. The van der Waals surface area contributed by atoms with Crippen LogP contribution in [0, 0.1) is 12.3 Å². The van der Waals surface area contributed by atoms with Gasteiger partial charge in [-0.25, -0.2) is 14.8 Å². The largest absolute Gasteiger partial charge is 0.451 e. The quantitative estimate of drug-likeness (QED) is 0.0293. The normalized spacial score (nSPS) is 17.8. The summed E-state index contributed by atoms with van der Waals surface area (Å²) < 4.78 is 11.9. The monoisotopic (exact) mass is 1110 g/mol. The highest BCUT2D eigenvalue weighted by molar-refractivity contribution is 7.13. The van der Waals surface area contributed by atoms with Crippen molar-refractivity contribution in [2.45, 2.75) is 142 Å². The Kier molecular flexibility index (Phi) is 17.7. The highest BCUT2D eigenvalue weighted by Crippen LogP contribution is 2.39. The van der Waals surface area contributed by atoms with Crippen molar-refractivity contribution in [1.29, 1.82) is 0 Å². The molecule has 4 amide bonds. The van der Waals surface area contributed by atoms with Crippen molar-refractivity contribution >= 4 is 58.4 Å². The van der Waals surface area contributed by atoms with Gasteiger partial charge in [0.25, 0.3) is 5.89 Å². The van der Waals surface area contributed by atoms with Crippen molar-refractivity contribution in [1.82, 2.24) is 45.6 Å². The Bertz CT molecular complexity index is 3170. The molecule has 422 valence electrons. The maximum absolute atomic E-state index is 14.1. The number of nitrogens with zero attached hydrogens (tertiary/aromatic N) is 7. The summed E-state index contributed by atoms with van der Waals surface area (Å²) in [5.41, 5.74) is 6.42. The van der Waals surface area contributed by atoms with Crippen LogP contribution < -0.4 is 21.3 Å². The van der Waals surface area contributed by atoms with Gasteiger partial charge in [0, 0.05) is 68.8 Å². The number of anilines is 3. The van der Waals surface area contributed by atoms with Gasteiger partial charge in [-0.15, -0.1) is 21.5 Å². The Hall–Kier alpha value is -7.62. The number of fused-ring (bicyclic) bond motifs is 1. The Morgan fingerprint density at radius 2 is 1.65 bits per heavy atom. The fourth-order valence-electron chi connectivity index (χ4n) is 10.5. The van der Waals surface area contributed by atoms with Crippen molar-refractivity contribution in [3.8, 4) is 21.9 Å². The second-order valence-corrected chi connectivity index (χ2v) is 23.3. The van der Waals surface area contributed by atoms with E-state index in [-0.39, 0.29) is 74.0 Å². The van der Waals surface area contributed by atoms with E-state index in [2.05, 4.69) is 41.4 Å². The van der Waals surface area contributed by atoms with Gasteiger partial charge in [-0.1, -0.05) is 88.2 Å². The number of amides is 4. The van der Waals surface area contributed by atoms with Crippen LogP contribution in [0.25, 0.3) is 21.9 Å². The molecule has 0 radical (unpaired) electrons. The minimum atomic E-state index is -0.916. The van der Waals surface area contributed by atoms with E-state index in [4.69, 9.17) is 14.1 Å². The number of cyclic esters (lactones) is 1. The van der Waals surface area contributed by atoms with Crippen LogP contribution in [0.2, 0.25) is 0 Å². The first-order valence-electron chi connectivity index (χ1n) is 27.5. The lowest BCUT2D eigenvalue weighted by atomic mass is 9.85. The Morgan fingerprint density at radius 1 is 0.912 bits per heavy atom. The number of unbranched alkanes of at least 4 members (excludes halogenated alkanes) is 3. The number of likely N-dealkylation sites (tertiary alicyclic amines) is 2. The zero-order valence-electron chi connectivity index (χ0n) is 46.2. The van der Waals surface area contributed by atoms with Crippen molar-refractivity contribution in [3.63, 3.8) is 0 Å². The van der Waals surface area contributed by atoms with E-state index in [0.29, 0.717) is 73.7 Å². The number of β-amino-alcohol motifs (C(OH)–C–C–N with tert-alkyl or cyclic N) is 1. The molecule has 3 aromatic heterocycles. The first-order valence-corrected chi connectivity index (χ1v) is 28.3. The van der Waals surface area contributed by atoms with Crippen LogP contribution in [-0.4, -0.2) is 119 Å². The molecule has 2 saturated heterocycles. The third-order valence-electron chi connectivity index (χ3n) is 15.1. The van der Waals surface area contributed by atoms with Crippen LogP contribution in [0.5, 0.6) is 0 Å². The van der Waals surface area contributed by atoms with E-state index >= 15 is 0 Å². The van der Waals surface area contributed by atoms with Crippen molar-refractivity contribution in [2.24, 2.45) is 5.41 Å². The smallest absolute Gasteiger partial charge is 0.339 e. The molecule has 20 nitrogen and oxygen atoms in total. The molecule has 0 aliphatic carbocycles. The standard InChI is InChI=1S/C59H71N11O9S/c1-35-49(80-34-62-35)38-20-18-36(19-21-38)30-60-52(75)46-29-41(72)32-70(46)55(76)50(58(2,3)4)65-47(73)16-12-7-8-13-17-48(74)69-26-24-39(25-27-69)53-67-68-54(78-53)43-31-61-57(66-51(43)64-45(33-71)37-14-10-9-11-15-37)63-40-22-23-42-44(28-40)59(5,6)79-56(42)77/h9-11,14-15,18-23,28,31,34,39,41,45-46,50,71-72H,7-8,12-13,16-17,24-27,29-30,32-33H2,1-6H3,(H,60,75)(H,65,73)(H2,61,63,64,66)/t41-,45-,46+,50-/m1/s1. The lowest BCUT2D eigenvalue weighted by Crippen LogP contribution is -2.57. The summed E-state index contributed by atoms with van der Waals surface area (Å²) in [6, 6.07) is 20.4. The molecule has 3 aliphatic heterocycles. The maximum Gasteiger partial charge on any atom is 0.339 e. The number of carbonyl (C=O) groups excluding carboxylic acids is 5. The van der Waals surface area contributed by atoms with Gasteiger partial charge in [-0.3, -0.25) is 19.2 Å². The highest BCUT2D eigenvalue weighted by Gasteiger charge is 2.45. The summed E-state index contributed by atoms with van der Waals surface area (Å²) in [4.78, 5) is 84.8.